The molecule has 1 atom stereocenters. The van der Waals surface area contributed by atoms with E-state index < -0.39 is 11.6 Å². The fourth-order valence-electron chi connectivity index (χ4n) is 2.32. The predicted molar refractivity (Wildman–Crippen MR) is 85.7 cm³/mol. The van der Waals surface area contributed by atoms with Crippen LogP contribution in [0.4, 0.5) is 0 Å². The minimum absolute atomic E-state index is 0.289. The highest BCUT2D eigenvalue weighted by atomic mass is 16.3. The van der Waals surface area contributed by atoms with Crippen molar-refractivity contribution in [2.75, 3.05) is 6.54 Å². The SMILES string of the molecule is CC(CCc1ccc(O)cc1)NCCC1=CC(=O)C(=O)C=C1. The average Bonchev–Trinajstić information content (AvgIpc) is 2.50. The quantitative estimate of drug-likeness (QED) is 0.599. The first-order chi connectivity index (χ1) is 10.5. The lowest BCUT2D eigenvalue weighted by molar-refractivity contribution is -0.131. The van der Waals surface area contributed by atoms with E-state index in [0.717, 1.165) is 31.4 Å². The van der Waals surface area contributed by atoms with Gasteiger partial charge in [-0.05, 0) is 68.2 Å². The number of rotatable bonds is 7. The van der Waals surface area contributed by atoms with Crippen LogP contribution in [0.25, 0.3) is 0 Å². The Balaban J connectivity index is 1.68. The minimum Gasteiger partial charge on any atom is -0.508 e. The van der Waals surface area contributed by atoms with E-state index in [1.54, 1.807) is 18.2 Å². The molecule has 0 fully saturated rings. The number of carbonyl (C=O) groups is 2. The smallest absolute Gasteiger partial charge is 0.225 e. The molecule has 116 valence electrons. The van der Waals surface area contributed by atoms with Crippen molar-refractivity contribution in [1.82, 2.24) is 5.32 Å². The fraction of sp³-hybridized carbons (Fsp3) is 0.333. The van der Waals surface area contributed by atoms with E-state index >= 15 is 0 Å². The van der Waals surface area contributed by atoms with Crippen LogP contribution in [0.2, 0.25) is 0 Å². The highest BCUT2D eigenvalue weighted by molar-refractivity contribution is 6.46. The summed E-state index contributed by atoms with van der Waals surface area (Å²) in [4.78, 5) is 22.3. The summed E-state index contributed by atoms with van der Waals surface area (Å²) in [7, 11) is 0. The number of ketones is 2. The molecule has 1 unspecified atom stereocenters. The maximum atomic E-state index is 11.3. The van der Waals surface area contributed by atoms with Gasteiger partial charge >= 0.3 is 0 Å². The Labute approximate surface area is 130 Å². The summed E-state index contributed by atoms with van der Waals surface area (Å²) >= 11 is 0. The van der Waals surface area contributed by atoms with Crippen molar-refractivity contribution in [2.24, 2.45) is 0 Å². The molecule has 0 aromatic heterocycles. The van der Waals surface area contributed by atoms with Gasteiger partial charge in [-0.2, -0.15) is 0 Å². The Hall–Kier alpha value is -2.20. The lowest BCUT2D eigenvalue weighted by Gasteiger charge is -2.14. The van der Waals surface area contributed by atoms with Crippen LogP contribution in [0.3, 0.4) is 0 Å². The zero-order valence-corrected chi connectivity index (χ0v) is 12.7. The maximum Gasteiger partial charge on any atom is 0.225 e. The van der Waals surface area contributed by atoms with E-state index in [4.69, 9.17) is 0 Å². The second-order valence-electron chi connectivity index (χ2n) is 5.59. The number of benzene rings is 1. The van der Waals surface area contributed by atoms with Crippen molar-refractivity contribution in [3.63, 3.8) is 0 Å². The molecule has 0 aliphatic heterocycles. The third kappa shape index (κ3) is 4.97. The van der Waals surface area contributed by atoms with E-state index in [0.29, 0.717) is 6.04 Å². The molecule has 1 aromatic rings. The lowest BCUT2D eigenvalue weighted by Crippen LogP contribution is -2.28. The molecule has 0 saturated carbocycles. The average molecular weight is 299 g/mol. The van der Waals surface area contributed by atoms with E-state index in [1.807, 2.05) is 12.1 Å². The highest BCUT2D eigenvalue weighted by Crippen LogP contribution is 2.12. The van der Waals surface area contributed by atoms with Crippen LogP contribution in [0.5, 0.6) is 5.75 Å². The molecule has 1 aliphatic carbocycles. The standard InChI is InChI=1S/C18H21NO3/c1-13(2-3-14-4-7-16(20)8-5-14)19-11-10-15-6-9-17(21)18(22)12-15/h4-9,12-13,19-20H,2-3,10-11H2,1H3. The third-order valence-corrected chi connectivity index (χ3v) is 3.72. The molecule has 0 radical (unpaired) electrons. The fourth-order valence-corrected chi connectivity index (χ4v) is 2.32. The number of phenolic OH excluding ortho intramolecular Hbond substituents is 1. The van der Waals surface area contributed by atoms with Gasteiger partial charge < -0.3 is 10.4 Å². The number of nitrogens with one attached hydrogen (secondary N) is 1. The van der Waals surface area contributed by atoms with E-state index in [9.17, 15) is 14.7 Å². The number of allylic oxidation sites excluding steroid dienone is 3. The summed E-state index contributed by atoms with van der Waals surface area (Å²) in [6.07, 6.45) is 7.16. The van der Waals surface area contributed by atoms with E-state index in [1.165, 1.54) is 17.7 Å². The number of aryl methyl sites for hydroxylation is 1. The van der Waals surface area contributed by atoms with Crippen molar-refractivity contribution in [3.8, 4) is 5.75 Å². The first kappa shape index (κ1) is 16.2. The number of hydrogen-bond donors (Lipinski definition) is 2. The lowest BCUT2D eigenvalue weighted by atomic mass is 10.0. The Morgan fingerprint density at radius 2 is 1.77 bits per heavy atom. The van der Waals surface area contributed by atoms with Gasteiger partial charge in [-0.1, -0.05) is 18.2 Å². The van der Waals surface area contributed by atoms with E-state index in [2.05, 4.69) is 12.2 Å². The number of carbonyl (C=O) groups excluding carboxylic acids is 2. The summed E-state index contributed by atoms with van der Waals surface area (Å²) < 4.78 is 0. The van der Waals surface area contributed by atoms with Crippen LogP contribution >= 0.6 is 0 Å². The third-order valence-electron chi connectivity index (χ3n) is 3.72. The summed E-state index contributed by atoms with van der Waals surface area (Å²) in [5.41, 5.74) is 2.09. The second kappa shape index (κ2) is 7.71. The second-order valence-corrected chi connectivity index (χ2v) is 5.59. The van der Waals surface area contributed by atoms with Gasteiger partial charge in [0.1, 0.15) is 5.75 Å². The minimum atomic E-state index is -0.445. The molecular weight excluding hydrogens is 278 g/mol. The molecule has 22 heavy (non-hydrogen) atoms. The van der Waals surface area contributed by atoms with Gasteiger partial charge in [0.25, 0.3) is 0 Å². The number of phenols is 1. The molecule has 0 amide bonds. The highest BCUT2D eigenvalue weighted by Gasteiger charge is 2.13. The van der Waals surface area contributed by atoms with Crippen LogP contribution < -0.4 is 5.32 Å². The van der Waals surface area contributed by atoms with Crippen LogP contribution in [-0.2, 0) is 16.0 Å². The molecule has 1 aliphatic rings. The Morgan fingerprint density at radius 3 is 2.45 bits per heavy atom. The van der Waals surface area contributed by atoms with Gasteiger partial charge in [0.15, 0.2) is 0 Å². The monoisotopic (exact) mass is 299 g/mol. The van der Waals surface area contributed by atoms with Crippen molar-refractivity contribution >= 4 is 11.6 Å². The van der Waals surface area contributed by atoms with Crippen LogP contribution in [0, 0.1) is 0 Å². The number of hydrogen-bond acceptors (Lipinski definition) is 4. The Bertz CT molecular complexity index is 599. The molecule has 0 heterocycles. The number of aromatic hydroxyl groups is 1. The van der Waals surface area contributed by atoms with Crippen LogP contribution in [-0.4, -0.2) is 29.3 Å². The first-order valence-electron chi connectivity index (χ1n) is 7.53. The van der Waals surface area contributed by atoms with Gasteiger partial charge in [0, 0.05) is 6.04 Å². The molecule has 0 saturated heterocycles. The molecule has 0 spiro atoms. The Morgan fingerprint density at radius 1 is 1.05 bits per heavy atom. The molecule has 1 aromatic carbocycles. The van der Waals surface area contributed by atoms with Crippen LogP contribution in [0.15, 0.2) is 48.1 Å². The molecule has 4 heteroatoms. The van der Waals surface area contributed by atoms with Crippen molar-refractivity contribution in [1.29, 1.82) is 0 Å². The van der Waals surface area contributed by atoms with Gasteiger partial charge in [-0.3, -0.25) is 9.59 Å². The van der Waals surface area contributed by atoms with E-state index in [-0.39, 0.29) is 5.75 Å². The van der Waals surface area contributed by atoms with Crippen LogP contribution in [0.1, 0.15) is 25.3 Å². The van der Waals surface area contributed by atoms with Gasteiger partial charge in [0.05, 0.1) is 0 Å². The largest absolute Gasteiger partial charge is 0.508 e. The zero-order valence-electron chi connectivity index (χ0n) is 12.7. The first-order valence-corrected chi connectivity index (χ1v) is 7.53. The summed E-state index contributed by atoms with van der Waals surface area (Å²) in [6, 6.07) is 7.63. The maximum absolute atomic E-state index is 11.3. The zero-order chi connectivity index (χ0) is 15.9. The Kier molecular flexibility index (Phi) is 5.67. The van der Waals surface area contributed by atoms with Crippen molar-refractivity contribution in [3.05, 3.63) is 53.6 Å². The normalized spacial score (nSPS) is 15.8. The summed E-state index contributed by atoms with van der Waals surface area (Å²) in [5.74, 6) is -0.589. The van der Waals surface area contributed by atoms with Gasteiger partial charge in [-0.15, -0.1) is 0 Å². The summed E-state index contributed by atoms with van der Waals surface area (Å²) in [6.45, 7) is 2.90. The van der Waals surface area contributed by atoms with Crippen molar-refractivity contribution in [2.45, 2.75) is 32.2 Å². The molecule has 0 bridgehead atoms. The topological polar surface area (TPSA) is 66.4 Å². The molecule has 4 nitrogen and oxygen atoms in total. The molecule has 2 rings (SSSR count). The summed E-state index contributed by atoms with van der Waals surface area (Å²) in [5, 5.41) is 12.7. The molecular formula is C18H21NO3. The van der Waals surface area contributed by atoms with Gasteiger partial charge in [-0.25, -0.2) is 0 Å². The van der Waals surface area contributed by atoms with Crippen molar-refractivity contribution < 1.29 is 14.7 Å². The van der Waals surface area contributed by atoms with Gasteiger partial charge in [0.2, 0.25) is 11.6 Å². The molecule has 2 N–H and O–H groups in total. The predicted octanol–water partition coefficient (Wildman–Crippen LogP) is 2.33.